The van der Waals surface area contributed by atoms with Gasteiger partial charge in [0, 0.05) is 26.2 Å². The summed E-state index contributed by atoms with van der Waals surface area (Å²) in [7, 11) is -3.86. The van der Waals surface area contributed by atoms with Gasteiger partial charge in [-0.05, 0) is 44.9 Å². The maximum Gasteiger partial charge on any atom is 0.284 e. The normalized spacial score (nSPS) is 24.3. The molecule has 0 spiro atoms. The van der Waals surface area contributed by atoms with Crippen LogP contribution in [0.25, 0.3) is 0 Å². The van der Waals surface area contributed by atoms with E-state index in [1.165, 1.54) is 16.4 Å². The number of hydrogen-bond acceptors (Lipinski definition) is 6. The van der Waals surface area contributed by atoms with Crippen LogP contribution >= 0.6 is 12.4 Å². The van der Waals surface area contributed by atoms with Crippen LogP contribution in [0.5, 0.6) is 0 Å². The minimum absolute atomic E-state index is 0. The zero-order chi connectivity index (χ0) is 18.9. The quantitative estimate of drug-likeness (QED) is 0.714. The van der Waals surface area contributed by atoms with Gasteiger partial charge in [-0.15, -0.1) is 12.4 Å². The lowest BCUT2D eigenvalue weighted by Gasteiger charge is -2.41. The molecule has 0 aromatic carbocycles. The van der Waals surface area contributed by atoms with Crippen molar-refractivity contribution in [2.75, 3.05) is 32.7 Å². The molecule has 27 heavy (non-hydrogen) atoms. The molecular weight excluding hydrogens is 396 g/mol. The maximum atomic E-state index is 12.8. The lowest BCUT2D eigenvalue weighted by atomic mass is 9.89. The number of amides is 2. The van der Waals surface area contributed by atoms with Gasteiger partial charge in [0.1, 0.15) is 0 Å². The standard InChI is InChI=1S/C16H24N4O5S.ClH/c1-16(6-2-3-7-18-16)15(22)19-8-10-20(11-9-19)26(23,24)13-5-4-12(25-13)14(17)21;/h4-5,18H,2-3,6-11H2,1H3,(H2,17,21);1H. The van der Waals surface area contributed by atoms with Gasteiger partial charge in [0.25, 0.3) is 15.9 Å². The second-order valence-corrected chi connectivity index (χ2v) is 8.76. The molecule has 0 aliphatic carbocycles. The largest absolute Gasteiger partial charge is 0.438 e. The van der Waals surface area contributed by atoms with Crippen molar-refractivity contribution in [3.8, 4) is 0 Å². The van der Waals surface area contributed by atoms with Crippen LogP contribution in [0.1, 0.15) is 36.7 Å². The first kappa shape index (κ1) is 21.7. The summed E-state index contributed by atoms with van der Waals surface area (Å²) in [5.74, 6) is -1.01. The van der Waals surface area contributed by atoms with E-state index in [1.54, 1.807) is 4.90 Å². The third kappa shape index (κ3) is 4.29. The maximum absolute atomic E-state index is 12.8. The van der Waals surface area contributed by atoms with Crippen LogP contribution in [0.15, 0.2) is 21.6 Å². The molecule has 9 nitrogen and oxygen atoms in total. The molecule has 1 unspecified atom stereocenters. The number of nitrogens with one attached hydrogen (secondary N) is 1. The molecular formula is C16H25ClN4O5S. The van der Waals surface area contributed by atoms with E-state index in [4.69, 9.17) is 10.2 Å². The molecule has 2 aliphatic heterocycles. The highest BCUT2D eigenvalue weighted by Crippen LogP contribution is 2.24. The third-order valence-electron chi connectivity index (χ3n) is 5.03. The van der Waals surface area contributed by atoms with Gasteiger partial charge in [-0.3, -0.25) is 9.59 Å². The number of sulfonamides is 1. The highest BCUT2D eigenvalue weighted by molar-refractivity contribution is 7.89. The Labute approximate surface area is 164 Å². The van der Waals surface area contributed by atoms with Crippen molar-refractivity contribution in [3.05, 3.63) is 17.9 Å². The molecule has 1 atom stereocenters. The molecule has 3 N–H and O–H groups in total. The van der Waals surface area contributed by atoms with E-state index in [0.29, 0.717) is 13.1 Å². The number of primary amides is 1. The fraction of sp³-hybridized carbons (Fsp3) is 0.625. The van der Waals surface area contributed by atoms with Crippen molar-refractivity contribution < 1.29 is 22.4 Å². The van der Waals surface area contributed by atoms with Crippen LogP contribution in [0.2, 0.25) is 0 Å². The molecule has 2 aliphatic rings. The zero-order valence-electron chi connectivity index (χ0n) is 15.1. The summed E-state index contributed by atoms with van der Waals surface area (Å²) >= 11 is 0. The Balaban J connectivity index is 0.00000261. The van der Waals surface area contributed by atoms with Crippen LogP contribution in [-0.4, -0.2) is 67.7 Å². The molecule has 0 bridgehead atoms. The Morgan fingerprint density at radius 2 is 1.85 bits per heavy atom. The Kier molecular flexibility index (Phi) is 6.56. The Bertz CT molecular complexity index is 795. The van der Waals surface area contributed by atoms with Gasteiger partial charge in [-0.2, -0.15) is 4.31 Å². The van der Waals surface area contributed by atoms with Crippen molar-refractivity contribution >= 4 is 34.2 Å². The van der Waals surface area contributed by atoms with Gasteiger partial charge in [0.15, 0.2) is 5.76 Å². The van der Waals surface area contributed by atoms with E-state index in [2.05, 4.69) is 5.32 Å². The van der Waals surface area contributed by atoms with Gasteiger partial charge in [-0.25, -0.2) is 8.42 Å². The zero-order valence-corrected chi connectivity index (χ0v) is 16.8. The number of rotatable bonds is 4. The second-order valence-electron chi connectivity index (χ2n) is 6.90. The average Bonchev–Trinajstić information content (AvgIpc) is 3.13. The summed E-state index contributed by atoms with van der Waals surface area (Å²) < 4.78 is 31.6. The lowest BCUT2D eigenvalue weighted by Crippen LogP contribution is -2.61. The molecule has 3 rings (SSSR count). The van der Waals surface area contributed by atoms with E-state index in [0.717, 1.165) is 25.8 Å². The predicted molar refractivity (Wildman–Crippen MR) is 100 cm³/mol. The van der Waals surface area contributed by atoms with Crippen LogP contribution in [-0.2, 0) is 14.8 Å². The van der Waals surface area contributed by atoms with Crippen molar-refractivity contribution in [3.63, 3.8) is 0 Å². The second kappa shape index (κ2) is 8.17. The number of carbonyl (C=O) groups excluding carboxylic acids is 2. The molecule has 2 amide bonds. The number of carbonyl (C=O) groups is 2. The number of furan rings is 1. The van der Waals surface area contributed by atoms with Crippen molar-refractivity contribution in [1.29, 1.82) is 0 Å². The summed E-state index contributed by atoms with van der Waals surface area (Å²) in [5.41, 5.74) is 4.52. The minimum atomic E-state index is -3.86. The first-order valence-corrected chi connectivity index (χ1v) is 10.1. The van der Waals surface area contributed by atoms with E-state index in [9.17, 15) is 18.0 Å². The smallest absolute Gasteiger partial charge is 0.284 e. The molecule has 1 aromatic heterocycles. The van der Waals surface area contributed by atoms with E-state index in [-0.39, 0.29) is 42.3 Å². The Hall–Kier alpha value is -1.62. The van der Waals surface area contributed by atoms with Crippen LogP contribution in [0, 0.1) is 0 Å². The van der Waals surface area contributed by atoms with Crippen LogP contribution in [0.4, 0.5) is 0 Å². The highest BCUT2D eigenvalue weighted by atomic mass is 35.5. The van der Waals surface area contributed by atoms with Crippen molar-refractivity contribution in [1.82, 2.24) is 14.5 Å². The molecule has 11 heteroatoms. The number of hydrogen-bond donors (Lipinski definition) is 2. The first-order valence-electron chi connectivity index (χ1n) is 8.68. The fourth-order valence-corrected chi connectivity index (χ4v) is 4.77. The SMILES string of the molecule is CC1(C(=O)N2CCN(S(=O)(=O)c3ccc(C(N)=O)o3)CC2)CCCCN1.Cl. The molecule has 1 aromatic rings. The summed E-state index contributed by atoms with van der Waals surface area (Å²) in [5, 5.41) is 2.98. The average molecular weight is 421 g/mol. The molecule has 2 saturated heterocycles. The lowest BCUT2D eigenvalue weighted by molar-refractivity contribution is -0.140. The fourth-order valence-electron chi connectivity index (χ4n) is 3.44. The van der Waals surface area contributed by atoms with Gasteiger partial charge in [0.05, 0.1) is 5.54 Å². The minimum Gasteiger partial charge on any atom is -0.438 e. The molecule has 3 heterocycles. The predicted octanol–water partition coefficient (Wildman–Crippen LogP) is 0.165. The number of piperidine rings is 1. The number of nitrogens with two attached hydrogens (primary N) is 1. The van der Waals surface area contributed by atoms with E-state index < -0.39 is 21.5 Å². The Morgan fingerprint density at radius 1 is 1.19 bits per heavy atom. The van der Waals surface area contributed by atoms with E-state index in [1.807, 2.05) is 6.92 Å². The number of nitrogens with zero attached hydrogens (tertiary/aromatic N) is 2. The van der Waals surface area contributed by atoms with Gasteiger partial charge < -0.3 is 20.4 Å². The molecule has 0 saturated carbocycles. The van der Waals surface area contributed by atoms with E-state index >= 15 is 0 Å². The van der Waals surface area contributed by atoms with Crippen molar-refractivity contribution in [2.45, 2.75) is 36.8 Å². The summed E-state index contributed by atoms with van der Waals surface area (Å²) in [4.78, 5) is 25.6. The van der Waals surface area contributed by atoms with Gasteiger partial charge >= 0.3 is 0 Å². The van der Waals surface area contributed by atoms with Crippen LogP contribution in [0.3, 0.4) is 0 Å². The van der Waals surface area contributed by atoms with Gasteiger partial charge in [-0.1, -0.05) is 0 Å². The summed E-state index contributed by atoms with van der Waals surface area (Å²) in [6, 6.07) is 2.46. The third-order valence-corrected chi connectivity index (χ3v) is 6.81. The van der Waals surface area contributed by atoms with Gasteiger partial charge in [0.2, 0.25) is 11.0 Å². The molecule has 152 valence electrons. The van der Waals surface area contributed by atoms with Crippen molar-refractivity contribution in [2.24, 2.45) is 5.73 Å². The topological polar surface area (TPSA) is 126 Å². The number of halogens is 1. The van der Waals surface area contributed by atoms with Crippen LogP contribution < -0.4 is 11.1 Å². The summed E-state index contributed by atoms with van der Waals surface area (Å²) in [6.45, 7) is 3.72. The molecule has 2 fully saturated rings. The monoisotopic (exact) mass is 420 g/mol. The summed E-state index contributed by atoms with van der Waals surface area (Å²) in [6.07, 6.45) is 2.85. The Morgan fingerprint density at radius 3 is 2.37 bits per heavy atom. The first-order chi connectivity index (χ1) is 12.2. The number of piperazine rings is 1. The molecule has 0 radical (unpaired) electrons. The highest BCUT2D eigenvalue weighted by Gasteiger charge is 2.40.